The van der Waals surface area contributed by atoms with E-state index < -0.39 is 15.9 Å². The minimum Gasteiger partial charge on any atom is -0.308 e. The Balaban J connectivity index is 0.00000336. The van der Waals surface area contributed by atoms with Crippen molar-refractivity contribution in [1.29, 1.82) is 0 Å². The van der Waals surface area contributed by atoms with Crippen LogP contribution in [0, 0.1) is 13.8 Å². The summed E-state index contributed by atoms with van der Waals surface area (Å²) in [6.45, 7) is 4.05. The van der Waals surface area contributed by atoms with E-state index in [1.54, 1.807) is 6.07 Å². The molecule has 0 spiro atoms. The van der Waals surface area contributed by atoms with Crippen LogP contribution >= 0.6 is 38.9 Å². The Labute approximate surface area is 259 Å². The van der Waals surface area contributed by atoms with Crippen LogP contribution in [0.5, 0.6) is 0 Å². The van der Waals surface area contributed by atoms with Gasteiger partial charge in [-0.2, -0.15) is 0 Å². The van der Waals surface area contributed by atoms with Crippen LogP contribution < -0.4 is 34.3 Å². The molecule has 5 aromatic rings. The van der Waals surface area contributed by atoms with Crippen LogP contribution in [0.2, 0.25) is 5.02 Å². The molecule has 1 amide bonds. The Morgan fingerprint density at radius 2 is 1.76 bits per heavy atom. The Bertz CT molecular complexity index is 1770. The molecule has 0 radical (unpaired) electrons. The number of rotatable bonds is 6. The van der Waals surface area contributed by atoms with Gasteiger partial charge in [0.15, 0.2) is 5.65 Å². The summed E-state index contributed by atoms with van der Waals surface area (Å²) in [7, 11) is -4.03. The first-order valence-corrected chi connectivity index (χ1v) is 14.6. The fourth-order valence-corrected chi connectivity index (χ4v) is 7.19. The van der Waals surface area contributed by atoms with Gasteiger partial charge in [-0.1, -0.05) is 54.1 Å². The van der Waals surface area contributed by atoms with E-state index in [1.807, 2.05) is 66.9 Å². The van der Waals surface area contributed by atoms with E-state index in [4.69, 9.17) is 11.6 Å². The van der Waals surface area contributed by atoms with Crippen molar-refractivity contribution in [2.24, 2.45) is 0 Å². The van der Waals surface area contributed by atoms with Gasteiger partial charge in [-0.3, -0.25) is 4.79 Å². The zero-order valence-electron chi connectivity index (χ0n) is 20.7. The molecule has 0 atom stereocenters. The van der Waals surface area contributed by atoms with E-state index in [0.29, 0.717) is 37.9 Å². The maximum absolute atomic E-state index is 12.9. The second kappa shape index (κ2) is 11.6. The maximum atomic E-state index is 12.9. The van der Waals surface area contributed by atoms with Crippen molar-refractivity contribution in [2.75, 3.05) is 0 Å². The molecule has 3 heterocycles. The molecule has 38 heavy (non-hydrogen) atoms. The number of carbonyl (C=O) groups is 1. The summed E-state index contributed by atoms with van der Waals surface area (Å²) < 4.78 is 30.0. The van der Waals surface area contributed by atoms with Gasteiger partial charge in [0.05, 0.1) is 10.3 Å². The third kappa shape index (κ3) is 5.91. The molecular weight excluding hydrogens is 619 g/mol. The van der Waals surface area contributed by atoms with Gasteiger partial charge in [-0.05, 0) is 76.3 Å². The summed E-state index contributed by atoms with van der Waals surface area (Å²) in [6, 6.07) is 20.4. The average molecular weight is 639 g/mol. The van der Waals surface area contributed by atoms with E-state index >= 15 is 0 Å². The molecule has 7 nitrogen and oxygen atoms in total. The van der Waals surface area contributed by atoms with E-state index in [1.165, 1.54) is 12.1 Å². The Hall–Kier alpha value is -2.05. The van der Waals surface area contributed by atoms with Crippen LogP contribution in [0.4, 0.5) is 0 Å². The molecule has 0 bridgehead atoms. The number of carbonyl (C=O) groups excluding carboxylic acids is 1. The number of sulfonamides is 1. The minimum atomic E-state index is -4.03. The summed E-state index contributed by atoms with van der Waals surface area (Å²) in [5.74, 6) is -0.118. The van der Waals surface area contributed by atoms with Crippen molar-refractivity contribution in [3.63, 3.8) is 0 Å². The van der Waals surface area contributed by atoms with E-state index in [-0.39, 0.29) is 39.5 Å². The number of nitrogens with zero attached hydrogens (tertiary/aromatic N) is 3. The van der Waals surface area contributed by atoms with Crippen molar-refractivity contribution in [3.8, 4) is 11.1 Å². The fourth-order valence-electron chi connectivity index (χ4n) is 3.98. The molecule has 0 unspecified atom stereocenters. The Morgan fingerprint density at radius 3 is 2.42 bits per heavy atom. The van der Waals surface area contributed by atoms with Gasteiger partial charge >= 0.3 is 29.6 Å². The zero-order chi connectivity index (χ0) is 26.3. The van der Waals surface area contributed by atoms with Crippen molar-refractivity contribution in [1.82, 2.24) is 19.3 Å². The normalized spacial score (nSPS) is 11.4. The number of nitrogens with one attached hydrogen (secondary N) is 1. The summed E-state index contributed by atoms with van der Waals surface area (Å²) in [5, 5.41) is 0.599. The van der Waals surface area contributed by atoms with Crippen LogP contribution in [0.1, 0.15) is 27.4 Å². The zero-order valence-corrected chi connectivity index (χ0v) is 26.7. The monoisotopic (exact) mass is 637 g/mol. The Morgan fingerprint density at radius 1 is 1.03 bits per heavy atom. The van der Waals surface area contributed by atoms with Crippen LogP contribution in [0.3, 0.4) is 0 Å². The molecule has 188 valence electrons. The number of benzene rings is 2. The third-order valence-corrected chi connectivity index (χ3v) is 9.64. The van der Waals surface area contributed by atoms with E-state index in [9.17, 15) is 13.2 Å². The SMILES string of the molecule is Cc1cc(C(=O)NS(=O)(=O)c2ccc(Br)s2)nc2c1nc(C)n2Cc1ccc(-c2ccccc2)cc1Cl.[Na+]. The van der Waals surface area contributed by atoms with Crippen molar-refractivity contribution in [2.45, 2.75) is 24.6 Å². The van der Waals surface area contributed by atoms with E-state index in [0.717, 1.165) is 28.0 Å². The molecule has 12 heteroatoms. The number of fused-ring (bicyclic) bond motifs is 1. The molecule has 5 rings (SSSR count). The molecule has 0 saturated carbocycles. The number of thiophene rings is 1. The summed E-state index contributed by atoms with van der Waals surface area (Å²) in [4.78, 5) is 22.1. The van der Waals surface area contributed by atoms with Crippen LogP contribution in [0.15, 0.2) is 74.7 Å². The van der Waals surface area contributed by atoms with Gasteiger partial charge in [0.2, 0.25) is 0 Å². The van der Waals surface area contributed by atoms with Gasteiger partial charge in [0.1, 0.15) is 21.2 Å². The molecule has 0 aliphatic heterocycles. The molecule has 3 aromatic heterocycles. The number of imidazole rings is 1. The number of aryl methyl sites for hydroxylation is 2. The number of amides is 1. The number of hydrogen-bond donors (Lipinski definition) is 1. The second-order valence-corrected chi connectivity index (χ2v) is 13.2. The van der Waals surface area contributed by atoms with Crippen LogP contribution in [0.25, 0.3) is 22.3 Å². The average Bonchev–Trinajstić information content (AvgIpc) is 3.44. The summed E-state index contributed by atoms with van der Waals surface area (Å²) in [6.07, 6.45) is 0. The van der Waals surface area contributed by atoms with Crippen LogP contribution in [-0.4, -0.2) is 28.9 Å². The molecule has 2 aromatic carbocycles. The smallest absolute Gasteiger partial charge is 0.308 e. The number of aromatic nitrogens is 3. The number of hydrogen-bond acceptors (Lipinski definition) is 6. The molecule has 0 saturated heterocycles. The largest absolute Gasteiger partial charge is 1.00 e. The summed E-state index contributed by atoms with van der Waals surface area (Å²) in [5.41, 5.74) is 4.74. The van der Waals surface area contributed by atoms with E-state index in [2.05, 4.69) is 30.6 Å². The number of halogens is 2. The fraction of sp³-hybridized carbons (Fsp3) is 0.115. The van der Waals surface area contributed by atoms with Gasteiger partial charge in [0.25, 0.3) is 15.9 Å². The minimum absolute atomic E-state index is 0. The molecule has 0 fully saturated rings. The van der Waals surface area contributed by atoms with Gasteiger partial charge in [-0.15, -0.1) is 11.3 Å². The molecule has 0 aliphatic carbocycles. The van der Waals surface area contributed by atoms with Crippen molar-refractivity contribution >= 4 is 66.0 Å². The first-order chi connectivity index (χ1) is 17.6. The van der Waals surface area contributed by atoms with Crippen molar-refractivity contribution < 1.29 is 42.8 Å². The standard InChI is InChI=1S/C26H20BrClN4O3S2.Na/c1-15-12-21(26(33)31-37(34,35)23-11-10-22(27)36-23)30-25-24(15)29-16(2)32(25)14-19-9-8-18(13-20(19)28)17-6-4-3-5-7-17;/h3-13H,14H2,1-2H3,(H,31,33);/q;+1. The van der Waals surface area contributed by atoms with Gasteiger partial charge in [-0.25, -0.2) is 23.1 Å². The number of pyridine rings is 1. The van der Waals surface area contributed by atoms with Crippen LogP contribution in [-0.2, 0) is 16.6 Å². The topological polar surface area (TPSA) is 93.9 Å². The Kier molecular flexibility index (Phi) is 8.83. The summed E-state index contributed by atoms with van der Waals surface area (Å²) >= 11 is 10.9. The third-order valence-electron chi connectivity index (χ3n) is 5.85. The van der Waals surface area contributed by atoms with Gasteiger partial charge in [0, 0.05) is 5.02 Å². The first kappa shape index (κ1) is 28.9. The molecule has 0 aliphatic rings. The first-order valence-electron chi connectivity index (χ1n) is 11.1. The van der Waals surface area contributed by atoms with Crippen molar-refractivity contribution in [3.05, 3.63) is 98.2 Å². The second-order valence-electron chi connectivity index (χ2n) is 8.41. The van der Waals surface area contributed by atoms with Gasteiger partial charge < -0.3 is 4.57 Å². The predicted octanol–water partition coefficient (Wildman–Crippen LogP) is 3.36. The quantitative estimate of drug-likeness (QED) is 0.288. The molecule has 1 N–H and O–H groups in total. The predicted molar refractivity (Wildman–Crippen MR) is 150 cm³/mol. The maximum Gasteiger partial charge on any atom is 1.00 e. The molecular formula is C26H20BrClN4NaO3S2+.